The Kier molecular flexibility index (Phi) is 49.3. The molecule has 6 atom stereocenters. The third kappa shape index (κ3) is 34.6. The van der Waals surface area contributed by atoms with Gasteiger partial charge in [-0.05, 0) is 248 Å². The Balaban J connectivity index is 0.000000503. The maximum atomic E-state index is 9.60. The lowest BCUT2D eigenvalue weighted by Gasteiger charge is -2.46. The standard InChI is InChI=1S/C15H28O2.C13H22O.C10H14O4.C8H16O2.C8H10O2.C6H14O2.C5H12O2.C4H10O2/c1-15(2,11-3-7-13(16)8-4-11)12-5-9-14(17)10-6-12;1-2-8-3-11-9-5-10(7-14)12(6-9)13(11)4-8;11-5-7-13-9-1-2-10(4-3-9)14-8-6-12;2*9-5-7-1-2-8(6-10)4-3-7;7-5-3-1-2-4-6-8;6-4-2-1-3-5-7;5-3-1-2-4-6/h11-14,16-17H,3-10H2,1-2H3;8-14H,2-7H2,1H3;1-4,11-12H,5-8H2;7-10H,1-6H2;1-4,9-10H,5-6H2;7-8H,1-6H2;6-7H,1-5H2;5-6H,1-4H2. The second-order valence-corrected chi connectivity index (χ2v) is 25.3. The first-order chi connectivity index (χ1) is 41.7. The number of hydrogen-bond acceptors (Lipinski definition) is 17. The van der Waals surface area contributed by atoms with Crippen LogP contribution in [0.5, 0.6) is 11.5 Å². The zero-order valence-electron chi connectivity index (χ0n) is 53.6. The highest BCUT2D eigenvalue weighted by Gasteiger charge is 2.55. The smallest absolute Gasteiger partial charge is 0.119 e. The summed E-state index contributed by atoms with van der Waals surface area (Å²) in [4.78, 5) is 0. The number of fused-ring (bicyclic) bond motifs is 5. The topological polar surface area (TPSA) is 322 Å². The van der Waals surface area contributed by atoms with E-state index in [2.05, 4.69) is 20.8 Å². The van der Waals surface area contributed by atoms with Crippen molar-refractivity contribution < 1.29 is 86.1 Å². The molecule has 0 heterocycles. The van der Waals surface area contributed by atoms with Crippen molar-refractivity contribution in [2.45, 2.75) is 213 Å². The van der Waals surface area contributed by atoms with Gasteiger partial charge in [0.2, 0.25) is 0 Å². The summed E-state index contributed by atoms with van der Waals surface area (Å²) in [6.45, 7) is 10.5. The molecule has 17 heteroatoms. The first-order valence-corrected chi connectivity index (χ1v) is 33.4. The molecule has 6 unspecified atom stereocenters. The van der Waals surface area contributed by atoms with E-state index in [-0.39, 0.29) is 91.5 Å². The first-order valence-electron chi connectivity index (χ1n) is 33.4. The number of hydrogen-bond donors (Lipinski definition) is 15. The second kappa shape index (κ2) is 52.1. The maximum Gasteiger partial charge on any atom is 0.119 e. The van der Waals surface area contributed by atoms with Crippen LogP contribution in [0.4, 0.5) is 0 Å². The molecule has 86 heavy (non-hydrogen) atoms. The predicted octanol–water partition coefficient (Wildman–Crippen LogP) is 8.10. The number of rotatable bonds is 26. The van der Waals surface area contributed by atoms with E-state index in [9.17, 15) is 15.3 Å². The molecule has 0 aromatic heterocycles. The fraction of sp³-hybridized carbons (Fsp3) is 0.826. The minimum atomic E-state index is -0.0461. The lowest BCUT2D eigenvalue weighted by atomic mass is 9.60. The van der Waals surface area contributed by atoms with Crippen LogP contribution in [0.25, 0.3) is 0 Å². The van der Waals surface area contributed by atoms with Gasteiger partial charge in [0.1, 0.15) is 24.7 Å². The molecule has 0 amide bonds. The number of aliphatic hydroxyl groups excluding tert-OH is 15. The van der Waals surface area contributed by atoms with Crippen molar-refractivity contribution in [2.24, 2.45) is 64.6 Å². The van der Waals surface area contributed by atoms with Gasteiger partial charge in [-0.15, -0.1) is 0 Å². The van der Waals surface area contributed by atoms with Crippen molar-refractivity contribution in [3.63, 3.8) is 0 Å². The third-order valence-electron chi connectivity index (χ3n) is 18.9. The largest absolute Gasteiger partial charge is 0.491 e. The average Bonchev–Trinajstić information content (AvgIpc) is 3.52. The van der Waals surface area contributed by atoms with E-state index in [1.54, 1.807) is 48.5 Å². The van der Waals surface area contributed by atoms with E-state index in [1.165, 1.54) is 57.8 Å². The highest BCUT2D eigenvalue weighted by Crippen LogP contribution is 2.62. The van der Waals surface area contributed by atoms with Gasteiger partial charge < -0.3 is 86.1 Å². The van der Waals surface area contributed by atoms with Gasteiger partial charge in [0.15, 0.2) is 0 Å². The van der Waals surface area contributed by atoms with Crippen LogP contribution in [-0.2, 0) is 13.2 Å². The zero-order valence-corrected chi connectivity index (χ0v) is 53.6. The number of aliphatic hydroxyl groups is 15. The molecule has 6 aliphatic rings. The molecule has 6 fully saturated rings. The lowest BCUT2D eigenvalue weighted by molar-refractivity contribution is 0.00232. The third-order valence-corrected chi connectivity index (χ3v) is 18.9. The zero-order chi connectivity index (χ0) is 63.8. The van der Waals surface area contributed by atoms with Crippen molar-refractivity contribution in [1.82, 2.24) is 0 Å². The lowest BCUT2D eigenvalue weighted by Crippen LogP contribution is -2.38. The molecule has 0 radical (unpaired) electrons. The van der Waals surface area contributed by atoms with Gasteiger partial charge in [-0.3, -0.25) is 0 Å². The SMILES string of the molecule is CC(C)(C1CCC(O)CC1)C1CCC(O)CC1.CCC1CC2C3CC(CO)C(C3)C2C1.OCC1CCC(CO)CC1.OCCCCCCO.OCCCCCO.OCCCCO.OCCOc1ccc(OCCO)cc1.OCc1ccc(CO)cc1. The maximum absolute atomic E-state index is 9.60. The fourth-order valence-corrected chi connectivity index (χ4v) is 13.3. The molecule has 6 aliphatic carbocycles. The van der Waals surface area contributed by atoms with E-state index in [0.29, 0.717) is 54.5 Å². The molecule has 2 bridgehead atoms. The van der Waals surface area contributed by atoms with E-state index in [1.807, 2.05) is 0 Å². The summed E-state index contributed by atoms with van der Waals surface area (Å²) in [5.74, 6) is 9.63. The van der Waals surface area contributed by atoms with Gasteiger partial charge in [-0.25, -0.2) is 0 Å². The Labute approximate surface area is 518 Å². The first kappa shape index (κ1) is 81.5. The van der Waals surface area contributed by atoms with Crippen LogP contribution in [0.2, 0.25) is 0 Å². The van der Waals surface area contributed by atoms with Crippen LogP contribution in [-0.4, -0.2) is 175 Å². The summed E-state index contributed by atoms with van der Waals surface area (Å²) in [5, 5.41) is 130. The van der Waals surface area contributed by atoms with E-state index < -0.39 is 0 Å². The van der Waals surface area contributed by atoms with Gasteiger partial charge in [0.25, 0.3) is 0 Å². The van der Waals surface area contributed by atoms with Gasteiger partial charge >= 0.3 is 0 Å². The minimum Gasteiger partial charge on any atom is -0.491 e. The summed E-state index contributed by atoms with van der Waals surface area (Å²) in [6, 6.07) is 14.2. The molecule has 0 saturated heterocycles. The normalized spacial score (nSPS) is 26.0. The molecule has 504 valence electrons. The number of benzene rings is 2. The Morgan fingerprint density at radius 2 is 0.721 bits per heavy atom. The van der Waals surface area contributed by atoms with Crippen LogP contribution >= 0.6 is 0 Å². The molecule has 6 saturated carbocycles. The van der Waals surface area contributed by atoms with Crippen LogP contribution in [0.3, 0.4) is 0 Å². The van der Waals surface area contributed by atoms with E-state index >= 15 is 0 Å². The van der Waals surface area contributed by atoms with Gasteiger partial charge in [0, 0.05) is 59.5 Å². The molecular weight excluding hydrogens is 1100 g/mol. The highest BCUT2D eigenvalue weighted by molar-refractivity contribution is 5.31. The Morgan fingerprint density at radius 3 is 1.03 bits per heavy atom. The van der Waals surface area contributed by atoms with Crippen molar-refractivity contribution in [1.29, 1.82) is 0 Å². The molecular formula is C69H126O17. The number of unbranched alkanes of at least 4 members (excludes halogenated alkanes) is 6. The summed E-state index contributed by atoms with van der Waals surface area (Å²) in [5.41, 5.74) is 2.13. The second-order valence-electron chi connectivity index (χ2n) is 25.3. The summed E-state index contributed by atoms with van der Waals surface area (Å²) >= 11 is 0. The quantitative estimate of drug-likeness (QED) is 0.0396. The van der Waals surface area contributed by atoms with Crippen LogP contribution < -0.4 is 9.47 Å². The summed E-state index contributed by atoms with van der Waals surface area (Å²) in [7, 11) is 0. The Hall–Kier alpha value is -2.56. The fourth-order valence-electron chi connectivity index (χ4n) is 13.3. The van der Waals surface area contributed by atoms with Gasteiger partial charge in [-0.1, -0.05) is 64.3 Å². The van der Waals surface area contributed by atoms with Crippen molar-refractivity contribution >= 4 is 0 Å². The van der Waals surface area contributed by atoms with Crippen LogP contribution in [0, 0.1) is 64.6 Å². The molecule has 0 spiro atoms. The van der Waals surface area contributed by atoms with Gasteiger partial charge in [-0.2, -0.15) is 0 Å². The van der Waals surface area contributed by atoms with Crippen molar-refractivity contribution in [3.8, 4) is 11.5 Å². The number of ether oxygens (including phenoxy) is 2. The molecule has 8 rings (SSSR count). The van der Waals surface area contributed by atoms with Gasteiger partial charge in [0.05, 0.1) is 38.6 Å². The molecule has 17 nitrogen and oxygen atoms in total. The molecule has 2 aromatic carbocycles. The monoisotopic (exact) mass is 1230 g/mol. The van der Waals surface area contributed by atoms with Crippen molar-refractivity contribution in [3.05, 3.63) is 59.7 Å². The van der Waals surface area contributed by atoms with E-state index in [0.717, 1.165) is 162 Å². The van der Waals surface area contributed by atoms with E-state index in [4.69, 9.17) is 70.8 Å². The summed E-state index contributed by atoms with van der Waals surface area (Å²) < 4.78 is 10.3. The van der Waals surface area contributed by atoms with Crippen LogP contribution in [0.1, 0.15) is 199 Å². The van der Waals surface area contributed by atoms with Crippen LogP contribution in [0.15, 0.2) is 48.5 Å². The Bertz CT molecular complexity index is 1670. The highest BCUT2D eigenvalue weighted by atomic mass is 16.5. The summed E-state index contributed by atoms with van der Waals surface area (Å²) in [6.07, 6.45) is 28.0. The average molecular weight is 1230 g/mol. The predicted molar refractivity (Wildman–Crippen MR) is 340 cm³/mol. The molecule has 15 N–H and O–H groups in total. The minimum absolute atomic E-state index is 0.00274. The molecule has 0 aliphatic heterocycles. The Morgan fingerprint density at radius 1 is 0.372 bits per heavy atom. The molecule has 2 aromatic rings. The van der Waals surface area contributed by atoms with Crippen molar-refractivity contribution in [2.75, 3.05) is 85.9 Å².